The van der Waals surface area contributed by atoms with E-state index in [-0.39, 0.29) is 0 Å². The van der Waals surface area contributed by atoms with Crippen molar-refractivity contribution in [3.63, 3.8) is 0 Å². The maximum atomic E-state index is 5.49. The van der Waals surface area contributed by atoms with Crippen LogP contribution in [-0.2, 0) is 12.8 Å². The number of rotatable bonds is 5. The molecule has 0 unspecified atom stereocenters. The summed E-state index contributed by atoms with van der Waals surface area (Å²) >= 11 is 0. The Hall–Kier alpha value is -1.46. The largest absolute Gasteiger partial charge is 0.497 e. The lowest BCUT2D eigenvalue weighted by Gasteiger charge is -2.34. The molecular weight excluding hydrogens is 234 g/mol. The van der Waals surface area contributed by atoms with Crippen molar-refractivity contribution in [2.24, 2.45) is 0 Å². The molecule has 0 spiro atoms. The fourth-order valence-electron chi connectivity index (χ4n) is 2.95. The van der Waals surface area contributed by atoms with Gasteiger partial charge in [-0.3, -0.25) is 4.90 Å². The molecule has 0 amide bonds. The molecule has 2 nitrogen and oxygen atoms in total. The molecule has 0 aliphatic heterocycles. The monoisotopic (exact) mass is 257 g/mol. The Morgan fingerprint density at radius 1 is 1.42 bits per heavy atom. The van der Waals surface area contributed by atoms with Crippen LogP contribution in [0.5, 0.6) is 5.75 Å². The third kappa shape index (κ3) is 3.30. The van der Waals surface area contributed by atoms with Gasteiger partial charge in [0.2, 0.25) is 0 Å². The zero-order valence-corrected chi connectivity index (χ0v) is 12.0. The quantitative estimate of drug-likeness (QED) is 0.752. The van der Waals surface area contributed by atoms with Gasteiger partial charge in [-0.1, -0.05) is 18.9 Å². The summed E-state index contributed by atoms with van der Waals surface area (Å²) < 4.78 is 5.33. The number of nitrogens with zero attached hydrogens (tertiary/aromatic N) is 1. The number of methoxy groups -OCH3 is 1. The van der Waals surface area contributed by atoms with Crippen LogP contribution in [0.25, 0.3) is 0 Å². The molecule has 102 valence electrons. The van der Waals surface area contributed by atoms with Gasteiger partial charge in [0.15, 0.2) is 0 Å². The second-order valence-electron chi connectivity index (χ2n) is 5.21. The van der Waals surface area contributed by atoms with Crippen molar-refractivity contribution < 1.29 is 4.74 Å². The van der Waals surface area contributed by atoms with E-state index in [4.69, 9.17) is 11.2 Å². The molecule has 1 aliphatic carbocycles. The molecule has 0 N–H and O–H groups in total. The van der Waals surface area contributed by atoms with Gasteiger partial charge in [0.05, 0.1) is 13.7 Å². The number of terminal acetylenes is 1. The summed E-state index contributed by atoms with van der Waals surface area (Å²) in [4.78, 5) is 2.45. The third-order valence-electron chi connectivity index (χ3n) is 3.94. The first-order chi connectivity index (χ1) is 9.28. The fraction of sp³-hybridized carbons (Fsp3) is 0.529. The molecule has 2 rings (SSSR count). The van der Waals surface area contributed by atoms with Gasteiger partial charge in [-0.2, -0.15) is 0 Å². The number of benzene rings is 1. The molecule has 0 fully saturated rings. The normalized spacial score (nSPS) is 17.9. The standard InChI is InChI=1S/C17H23NO/c1-4-10-18(11-5-2)16-8-6-14-7-9-17(19-3)13-15(14)12-16/h1,7,9,13,16H,5-6,8,10-12H2,2-3H3/t16-/m0/s1. The average Bonchev–Trinajstić information content (AvgIpc) is 2.46. The highest BCUT2D eigenvalue weighted by Gasteiger charge is 2.23. The van der Waals surface area contributed by atoms with Crippen molar-refractivity contribution >= 4 is 0 Å². The maximum Gasteiger partial charge on any atom is 0.119 e. The van der Waals surface area contributed by atoms with Gasteiger partial charge in [-0.05, 0) is 55.5 Å². The number of ether oxygens (including phenoxy) is 1. The van der Waals surface area contributed by atoms with E-state index in [0.29, 0.717) is 6.04 Å². The van der Waals surface area contributed by atoms with E-state index in [1.807, 2.05) is 0 Å². The highest BCUT2D eigenvalue weighted by atomic mass is 16.5. The summed E-state index contributed by atoms with van der Waals surface area (Å²) in [5, 5.41) is 0. The molecule has 0 aromatic heterocycles. The minimum atomic E-state index is 0.579. The Labute approximate surface area is 116 Å². The van der Waals surface area contributed by atoms with E-state index < -0.39 is 0 Å². The van der Waals surface area contributed by atoms with Crippen LogP contribution in [0.3, 0.4) is 0 Å². The minimum absolute atomic E-state index is 0.579. The molecule has 0 bridgehead atoms. The summed E-state index contributed by atoms with van der Waals surface area (Å²) in [7, 11) is 1.73. The summed E-state index contributed by atoms with van der Waals surface area (Å²) in [5.41, 5.74) is 2.89. The lowest BCUT2D eigenvalue weighted by molar-refractivity contribution is 0.202. The van der Waals surface area contributed by atoms with Gasteiger partial charge >= 0.3 is 0 Å². The van der Waals surface area contributed by atoms with E-state index in [0.717, 1.165) is 38.1 Å². The molecule has 19 heavy (non-hydrogen) atoms. The fourth-order valence-corrected chi connectivity index (χ4v) is 2.95. The zero-order valence-electron chi connectivity index (χ0n) is 12.0. The van der Waals surface area contributed by atoms with Crippen LogP contribution in [0, 0.1) is 12.3 Å². The van der Waals surface area contributed by atoms with Gasteiger partial charge in [0, 0.05) is 6.04 Å². The highest BCUT2D eigenvalue weighted by Crippen LogP contribution is 2.27. The van der Waals surface area contributed by atoms with Gasteiger partial charge in [0.1, 0.15) is 5.75 Å². The maximum absolute atomic E-state index is 5.49. The topological polar surface area (TPSA) is 12.5 Å². The number of aryl methyl sites for hydroxylation is 1. The van der Waals surface area contributed by atoms with Crippen LogP contribution in [0.15, 0.2) is 18.2 Å². The van der Waals surface area contributed by atoms with Crippen LogP contribution in [0.2, 0.25) is 0 Å². The minimum Gasteiger partial charge on any atom is -0.497 e. The van der Waals surface area contributed by atoms with E-state index in [1.165, 1.54) is 17.5 Å². The highest BCUT2D eigenvalue weighted by molar-refractivity contribution is 5.38. The molecular formula is C17H23NO. The summed E-state index contributed by atoms with van der Waals surface area (Å²) in [6, 6.07) is 7.03. The first-order valence-electron chi connectivity index (χ1n) is 7.11. The lowest BCUT2D eigenvalue weighted by Crippen LogP contribution is -2.40. The van der Waals surface area contributed by atoms with Crippen LogP contribution in [0.4, 0.5) is 0 Å². The van der Waals surface area contributed by atoms with E-state index in [1.54, 1.807) is 7.11 Å². The summed E-state index contributed by atoms with van der Waals surface area (Å²) in [5.74, 6) is 3.75. The van der Waals surface area contributed by atoms with Crippen LogP contribution in [0.1, 0.15) is 30.9 Å². The van der Waals surface area contributed by atoms with Gasteiger partial charge in [0.25, 0.3) is 0 Å². The molecule has 1 aromatic rings. The molecule has 1 atom stereocenters. The predicted molar refractivity (Wildman–Crippen MR) is 79.5 cm³/mol. The van der Waals surface area contributed by atoms with Crippen molar-refractivity contribution in [1.82, 2.24) is 4.90 Å². The van der Waals surface area contributed by atoms with E-state index >= 15 is 0 Å². The number of fused-ring (bicyclic) bond motifs is 1. The number of hydrogen-bond donors (Lipinski definition) is 0. The van der Waals surface area contributed by atoms with Gasteiger partial charge < -0.3 is 4.74 Å². The average molecular weight is 257 g/mol. The Balaban J connectivity index is 2.13. The van der Waals surface area contributed by atoms with E-state index in [9.17, 15) is 0 Å². The number of hydrogen-bond acceptors (Lipinski definition) is 2. The SMILES string of the molecule is C#CCN(CCC)[C@H]1CCc2ccc(OC)cc2C1. The molecule has 2 heteroatoms. The zero-order chi connectivity index (χ0) is 13.7. The van der Waals surface area contributed by atoms with Crippen LogP contribution < -0.4 is 4.74 Å². The van der Waals surface area contributed by atoms with Crippen molar-refractivity contribution in [3.05, 3.63) is 29.3 Å². The predicted octanol–water partition coefficient (Wildman–Crippen LogP) is 2.90. The van der Waals surface area contributed by atoms with Crippen molar-refractivity contribution in [2.75, 3.05) is 20.2 Å². The first-order valence-corrected chi connectivity index (χ1v) is 7.11. The second-order valence-corrected chi connectivity index (χ2v) is 5.21. The van der Waals surface area contributed by atoms with E-state index in [2.05, 4.69) is 35.9 Å². The molecule has 1 aliphatic rings. The second kappa shape index (κ2) is 6.63. The molecule has 0 saturated heterocycles. The van der Waals surface area contributed by atoms with Crippen LogP contribution in [-0.4, -0.2) is 31.1 Å². The smallest absolute Gasteiger partial charge is 0.119 e. The van der Waals surface area contributed by atoms with Crippen molar-refractivity contribution in [2.45, 2.75) is 38.6 Å². The molecule has 0 heterocycles. The summed E-state index contributed by atoms with van der Waals surface area (Å²) in [6.07, 6.45) is 10.1. The Morgan fingerprint density at radius 2 is 2.26 bits per heavy atom. The van der Waals surface area contributed by atoms with Gasteiger partial charge in [-0.15, -0.1) is 6.42 Å². The molecule has 1 aromatic carbocycles. The first kappa shape index (κ1) is 14.0. The third-order valence-corrected chi connectivity index (χ3v) is 3.94. The Bertz CT molecular complexity index is 461. The van der Waals surface area contributed by atoms with Crippen LogP contribution >= 0.6 is 0 Å². The molecule has 0 radical (unpaired) electrons. The molecule has 0 saturated carbocycles. The lowest BCUT2D eigenvalue weighted by atomic mass is 9.87. The Morgan fingerprint density at radius 3 is 2.95 bits per heavy atom. The van der Waals surface area contributed by atoms with Gasteiger partial charge in [-0.25, -0.2) is 0 Å². The summed E-state index contributed by atoms with van der Waals surface area (Å²) in [6.45, 7) is 4.06. The van der Waals surface area contributed by atoms with Crippen molar-refractivity contribution in [3.8, 4) is 18.1 Å². The Kier molecular flexibility index (Phi) is 4.87. The van der Waals surface area contributed by atoms with Crippen molar-refractivity contribution in [1.29, 1.82) is 0 Å².